The van der Waals surface area contributed by atoms with Gasteiger partial charge in [-0.15, -0.1) is 0 Å². The summed E-state index contributed by atoms with van der Waals surface area (Å²) in [5, 5.41) is 9.43. The van der Waals surface area contributed by atoms with E-state index in [2.05, 4.69) is 11.9 Å². The number of aromatic carboxylic acids is 1. The summed E-state index contributed by atoms with van der Waals surface area (Å²) in [6.45, 7) is 2.23. The first-order valence-corrected chi connectivity index (χ1v) is 8.06. The van der Waals surface area contributed by atoms with Crippen LogP contribution in [0.1, 0.15) is 67.1 Å². The summed E-state index contributed by atoms with van der Waals surface area (Å²) < 4.78 is 5.99. The van der Waals surface area contributed by atoms with E-state index in [0.29, 0.717) is 11.8 Å². The van der Waals surface area contributed by atoms with Crippen molar-refractivity contribution >= 4 is 5.97 Å². The van der Waals surface area contributed by atoms with Crippen LogP contribution in [0.5, 0.6) is 5.88 Å². The first-order valence-electron chi connectivity index (χ1n) is 8.06. The normalized spacial score (nSPS) is 25.2. The molecule has 0 aliphatic heterocycles. The first-order chi connectivity index (χ1) is 10.1. The highest BCUT2D eigenvalue weighted by Gasteiger charge is 2.25. The number of hydrogen-bond acceptors (Lipinski definition) is 3. The minimum absolute atomic E-state index is 0.112. The van der Waals surface area contributed by atoms with E-state index < -0.39 is 5.97 Å². The molecule has 0 amide bonds. The highest BCUT2D eigenvalue weighted by atomic mass is 16.5. The smallest absolute Gasteiger partial charge is 0.341 e. The Balaban J connectivity index is 1.87. The second kappa shape index (κ2) is 6.04. The Kier molecular flexibility index (Phi) is 4.13. The summed E-state index contributed by atoms with van der Waals surface area (Å²) in [7, 11) is 0. The number of nitrogens with zero attached hydrogens (tertiary/aromatic N) is 1. The van der Waals surface area contributed by atoms with Gasteiger partial charge in [-0.25, -0.2) is 9.78 Å². The standard InChI is InChI=1S/C17H23NO3/c1-11-5-4-7-13(9-11)21-16-14(17(19)20)10-12-6-2-3-8-15(12)18-16/h10-11,13H,2-9H2,1H3,(H,19,20). The molecule has 0 spiro atoms. The third-order valence-electron chi connectivity index (χ3n) is 4.66. The number of carboxylic acids is 1. The minimum Gasteiger partial charge on any atom is -0.477 e. The lowest BCUT2D eigenvalue weighted by atomic mass is 9.88. The zero-order chi connectivity index (χ0) is 14.8. The minimum atomic E-state index is -0.935. The quantitative estimate of drug-likeness (QED) is 0.923. The summed E-state index contributed by atoms with van der Waals surface area (Å²) in [5.41, 5.74) is 2.35. The van der Waals surface area contributed by atoms with E-state index >= 15 is 0 Å². The summed E-state index contributed by atoms with van der Waals surface area (Å²) in [6.07, 6.45) is 8.62. The molecule has 1 heterocycles. The van der Waals surface area contributed by atoms with E-state index in [-0.39, 0.29) is 11.7 Å². The van der Waals surface area contributed by atoms with Crippen molar-refractivity contribution in [2.45, 2.75) is 64.4 Å². The van der Waals surface area contributed by atoms with Crippen molar-refractivity contribution in [3.63, 3.8) is 0 Å². The maximum atomic E-state index is 11.5. The number of carbonyl (C=O) groups is 1. The summed E-state index contributed by atoms with van der Waals surface area (Å²) in [5.74, 6) is 0.0478. The molecule has 114 valence electrons. The highest BCUT2D eigenvalue weighted by molar-refractivity contribution is 5.90. The van der Waals surface area contributed by atoms with Crippen molar-refractivity contribution in [2.24, 2.45) is 5.92 Å². The Labute approximate surface area is 125 Å². The molecule has 1 aromatic rings. The average Bonchev–Trinajstić information content (AvgIpc) is 2.46. The summed E-state index contributed by atoms with van der Waals surface area (Å²) in [4.78, 5) is 16.0. The Hall–Kier alpha value is -1.58. The van der Waals surface area contributed by atoms with Gasteiger partial charge in [0.25, 0.3) is 0 Å². The van der Waals surface area contributed by atoms with Crippen molar-refractivity contribution < 1.29 is 14.6 Å². The average molecular weight is 289 g/mol. The molecule has 0 radical (unpaired) electrons. The van der Waals surface area contributed by atoms with Crippen LogP contribution in [0.2, 0.25) is 0 Å². The molecule has 0 bridgehead atoms. The molecule has 1 N–H and O–H groups in total. The predicted molar refractivity (Wildman–Crippen MR) is 79.9 cm³/mol. The maximum absolute atomic E-state index is 11.5. The van der Waals surface area contributed by atoms with E-state index in [1.165, 1.54) is 6.42 Å². The molecule has 1 fully saturated rings. The third kappa shape index (κ3) is 3.20. The number of rotatable bonds is 3. The molecule has 1 aromatic heterocycles. The van der Waals surface area contributed by atoms with E-state index in [1.54, 1.807) is 6.07 Å². The maximum Gasteiger partial charge on any atom is 0.341 e. The number of pyridine rings is 1. The Morgan fingerprint density at radius 2 is 2.10 bits per heavy atom. The number of carboxylic acid groups (broad SMARTS) is 1. The lowest BCUT2D eigenvalue weighted by Crippen LogP contribution is -2.26. The molecule has 21 heavy (non-hydrogen) atoms. The van der Waals surface area contributed by atoms with Gasteiger partial charge in [-0.1, -0.05) is 13.3 Å². The molecular weight excluding hydrogens is 266 g/mol. The SMILES string of the molecule is CC1CCCC(Oc2nc3c(cc2C(=O)O)CCCC3)C1. The molecule has 4 heteroatoms. The Morgan fingerprint density at radius 3 is 2.86 bits per heavy atom. The molecular formula is C17H23NO3. The first kappa shape index (κ1) is 14.4. The molecule has 0 aromatic carbocycles. The Morgan fingerprint density at radius 1 is 1.29 bits per heavy atom. The van der Waals surface area contributed by atoms with Gasteiger partial charge < -0.3 is 9.84 Å². The number of ether oxygens (including phenoxy) is 1. The van der Waals surface area contributed by atoms with Crippen LogP contribution in [-0.2, 0) is 12.8 Å². The van der Waals surface area contributed by atoms with Gasteiger partial charge in [0.2, 0.25) is 5.88 Å². The van der Waals surface area contributed by atoms with Gasteiger partial charge in [-0.05, 0) is 62.5 Å². The van der Waals surface area contributed by atoms with E-state index in [4.69, 9.17) is 4.74 Å². The molecule has 2 aliphatic carbocycles. The van der Waals surface area contributed by atoms with Crippen LogP contribution in [0.3, 0.4) is 0 Å². The van der Waals surface area contributed by atoms with Crippen LogP contribution < -0.4 is 4.74 Å². The van der Waals surface area contributed by atoms with Gasteiger partial charge in [0.1, 0.15) is 11.7 Å². The number of hydrogen-bond donors (Lipinski definition) is 1. The van der Waals surface area contributed by atoms with Gasteiger partial charge in [0, 0.05) is 5.69 Å². The monoisotopic (exact) mass is 289 g/mol. The lowest BCUT2D eigenvalue weighted by Gasteiger charge is -2.28. The van der Waals surface area contributed by atoms with Crippen molar-refractivity contribution in [3.05, 3.63) is 22.9 Å². The molecule has 2 unspecified atom stereocenters. The van der Waals surface area contributed by atoms with Crippen LogP contribution in [0, 0.1) is 5.92 Å². The second-order valence-electron chi connectivity index (χ2n) is 6.47. The predicted octanol–water partition coefficient (Wildman–Crippen LogP) is 3.62. The molecule has 2 atom stereocenters. The second-order valence-corrected chi connectivity index (χ2v) is 6.47. The van der Waals surface area contributed by atoms with Crippen LogP contribution in [0.4, 0.5) is 0 Å². The fourth-order valence-electron chi connectivity index (χ4n) is 3.50. The third-order valence-corrected chi connectivity index (χ3v) is 4.66. The van der Waals surface area contributed by atoms with Gasteiger partial charge in [-0.3, -0.25) is 0 Å². The molecule has 2 aliphatic rings. The molecule has 4 nitrogen and oxygen atoms in total. The Bertz CT molecular complexity index is 541. The van der Waals surface area contributed by atoms with Gasteiger partial charge in [0.05, 0.1) is 0 Å². The van der Waals surface area contributed by atoms with Crippen molar-refractivity contribution in [1.29, 1.82) is 0 Å². The van der Waals surface area contributed by atoms with Gasteiger partial charge in [0.15, 0.2) is 0 Å². The van der Waals surface area contributed by atoms with Crippen LogP contribution in [-0.4, -0.2) is 22.2 Å². The highest BCUT2D eigenvalue weighted by Crippen LogP contribution is 2.30. The number of aromatic nitrogens is 1. The van der Waals surface area contributed by atoms with Crippen LogP contribution in [0.25, 0.3) is 0 Å². The zero-order valence-electron chi connectivity index (χ0n) is 12.6. The van der Waals surface area contributed by atoms with Gasteiger partial charge in [-0.2, -0.15) is 0 Å². The van der Waals surface area contributed by atoms with Crippen LogP contribution in [0.15, 0.2) is 6.07 Å². The van der Waals surface area contributed by atoms with E-state index in [0.717, 1.165) is 56.2 Å². The fourth-order valence-corrected chi connectivity index (χ4v) is 3.50. The molecule has 3 rings (SSSR count). The number of fused-ring (bicyclic) bond motifs is 1. The molecule has 0 saturated heterocycles. The molecule has 1 saturated carbocycles. The van der Waals surface area contributed by atoms with Crippen molar-refractivity contribution in [3.8, 4) is 5.88 Å². The van der Waals surface area contributed by atoms with Crippen LogP contribution >= 0.6 is 0 Å². The van der Waals surface area contributed by atoms with E-state index in [9.17, 15) is 9.90 Å². The van der Waals surface area contributed by atoms with Crippen molar-refractivity contribution in [2.75, 3.05) is 0 Å². The summed E-state index contributed by atoms with van der Waals surface area (Å²) >= 11 is 0. The van der Waals surface area contributed by atoms with E-state index in [1.807, 2.05) is 0 Å². The largest absolute Gasteiger partial charge is 0.477 e. The zero-order valence-corrected chi connectivity index (χ0v) is 12.6. The fraction of sp³-hybridized carbons (Fsp3) is 0.647. The van der Waals surface area contributed by atoms with Crippen molar-refractivity contribution in [1.82, 2.24) is 4.98 Å². The summed E-state index contributed by atoms with van der Waals surface area (Å²) in [6, 6.07) is 1.78. The number of aryl methyl sites for hydroxylation is 2. The van der Waals surface area contributed by atoms with Gasteiger partial charge >= 0.3 is 5.97 Å². The lowest BCUT2D eigenvalue weighted by molar-refractivity contribution is 0.0679. The topological polar surface area (TPSA) is 59.4 Å².